The topological polar surface area (TPSA) is 46.2 Å². The monoisotopic (exact) mass is 458 g/mol. The molecule has 176 valence electrons. The maximum absolute atomic E-state index is 6.43. The van der Waals surface area contributed by atoms with Crippen LogP contribution < -0.4 is 0 Å². The molecule has 0 saturated carbocycles. The summed E-state index contributed by atoms with van der Waals surface area (Å²) in [6, 6.07) is 29.9. The lowest BCUT2D eigenvalue weighted by molar-refractivity contribution is -0.307. The van der Waals surface area contributed by atoms with Gasteiger partial charge in [0.1, 0.15) is 24.4 Å². The Morgan fingerprint density at radius 2 is 1.06 bits per heavy atom. The Morgan fingerprint density at radius 3 is 1.47 bits per heavy atom. The predicted molar refractivity (Wildman–Crippen MR) is 130 cm³/mol. The normalized spacial score (nSPS) is 24.4. The second kappa shape index (κ2) is 12.5. The van der Waals surface area contributed by atoms with Crippen molar-refractivity contribution in [3.63, 3.8) is 0 Å². The molecular weight excluding hydrogens is 428 g/mol. The quantitative estimate of drug-likeness (QED) is 0.411. The van der Waals surface area contributed by atoms with E-state index < -0.39 is 30.7 Å². The summed E-state index contributed by atoms with van der Waals surface area (Å²) in [6.45, 7) is 1.14. The van der Waals surface area contributed by atoms with E-state index in [1.54, 1.807) is 7.11 Å². The van der Waals surface area contributed by atoms with E-state index in [0.717, 1.165) is 16.7 Å². The van der Waals surface area contributed by atoms with Gasteiger partial charge in [0.2, 0.25) is 0 Å². The Hall–Kier alpha value is -2.98. The molecule has 1 saturated heterocycles. The highest BCUT2D eigenvalue weighted by Crippen LogP contribution is 2.30. The molecule has 4 rings (SSSR count). The number of methoxy groups -OCH3 is 1. The van der Waals surface area contributed by atoms with Crippen molar-refractivity contribution in [3.8, 4) is 12.3 Å². The number of benzene rings is 3. The van der Waals surface area contributed by atoms with Crippen LogP contribution in [0.25, 0.3) is 0 Å². The Kier molecular flexibility index (Phi) is 8.86. The first-order chi connectivity index (χ1) is 16.8. The highest BCUT2D eigenvalue weighted by Gasteiger charge is 2.48. The summed E-state index contributed by atoms with van der Waals surface area (Å²) in [5, 5.41) is 0. The van der Waals surface area contributed by atoms with E-state index >= 15 is 0 Å². The van der Waals surface area contributed by atoms with Crippen molar-refractivity contribution in [1.82, 2.24) is 0 Å². The first-order valence-electron chi connectivity index (χ1n) is 11.4. The van der Waals surface area contributed by atoms with Crippen molar-refractivity contribution in [3.05, 3.63) is 108 Å². The first kappa shape index (κ1) is 24.2. The van der Waals surface area contributed by atoms with Crippen molar-refractivity contribution in [2.75, 3.05) is 7.11 Å². The SMILES string of the molecule is C#C[C@H]1O[C@H](OC)[C@H](OCc2ccccc2)[C@@H](OCc2ccccc2)[C@@H]1OCc1ccccc1. The number of hydrogen-bond acceptors (Lipinski definition) is 5. The second-order valence-corrected chi connectivity index (χ2v) is 8.11. The van der Waals surface area contributed by atoms with Crippen LogP contribution in [-0.2, 0) is 43.5 Å². The molecule has 5 atom stereocenters. The van der Waals surface area contributed by atoms with Gasteiger partial charge in [-0.3, -0.25) is 0 Å². The molecule has 5 nitrogen and oxygen atoms in total. The van der Waals surface area contributed by atoms with E-state index in [4.69, 9.17) is 30.1 Å². The van der Waals surface area contributed by atoms with Gasteiger partial charge in [0, 0.05) is 7.11 Å². The zero-order chi connectivity index (χ0) is 23.6. The highest BCUT2D eigenvalue weighted by atomic mass is 16.7. The molecule has 1 aliphatic rings. The van der Waals surface area contributed by atoms with Crippen molar-refractivity contribution in [2.45, 2.75) is 50.5 Å². The van der Waals surface area contributed by atoms with Gasteiger partial charge in [0.25, 0.3) is 0 Å². The average Bonchev–Trinajstić information content (AvgIpc) is 2.91. The molecule has 0 spiro atoms. The highest BCUT2D eigenvalue weighted by molar-refractivity contribution is 5.16. The number of rotatable bonds is 10. The Balaban J connectivity index is 1.57. The molecule has 0 aromatic heterocycles. The van der Waals surface area contributed by atoms with Crippen LogP contribution in [0.15, 0.2) is 91.0 Å². The maximum atomic E-state index is 6.43. The van der Waals surface area contributed by atoms with Gasteiger partial charge in [0.15, 0.2) is 6.29 Å². The Labute approximate surface area is 201 Å². The Bertz CT molecular complexity index is 1020. The van der Waals surface area contributed by atoms with Crippen LogP contribution in [0.1, 0.15) is 16.7 Å². The molecular formula is C29H30O5. The maximum Gasteiger partial charge on any atom is 0.187 e. The molecule has 0 aliphatic carbocycles. The van der Waals surface area contributed by atoms with Gasteiger partial charge in [-0.1, -0.05) is 96.9 Å². The summed E-state index contributed by atoms with van der Waals surface area (Å²) in [7, 11) is 1.58. The van der Waals surface area contributed by atoms with Gasteiger partial charge in [0.05, 0.1) is 19.8 Å². The van der Waals surface area contributed by atoms with E-state index in [0.29, 0.717) is 19.8 Å². The van der Waals surface area contributed by atoms with Crippen LogP contribution in [-0.4, -0.2) is 37.8 Å². The van der Waals surface area contributed by atoms with Crippen LogP contribution in [0.5, 0.6) is 0 Å². The van der Waals surface area contributed by atoms with Gasteiger partial charge in [-0.25, -0.2) is 0 Å². The lowest BCUT2D eigenvalue weighted by Gasteiger charge is -2.44. The molecule has 5 heteroatoms. The molecule has 1 aliphatic heterocycles. The summed E-state index contributed by atoms with van der Waals surface area (Å²) < 4.78 is 30.8. The lowest BCUT2D eigenvalue weighted by Crippen LogP contribution is -2.60. The molecule has 0 unspecified atom stereocenters. The number of ether oxygens (including phenoxy) is 5. The number of terminal acetylenes is 1. The largest absolute Gasteiger partial charge is 0.368 e. The fourth-order valence-corrected chi connectivity index (χ4v) is 3.98. The van der Waals surface area contributed by atoms with E-state index in [1.165, 1.54) is 0 Å². The second-order valence-electron chi connectivity index (χ2n) is 8.11. The average molecular weight is 459 g/mol. The van der Waals surface area contributed by atoms with Crippen LogP contribution in [0.3, 0.4) is 0 Å². The fraction of sp³-hybridized carbons (Fsp3) is 0.310. The summed E-state index contributed by atoms with van der Waals surface area (Å²) in [6.07, 6.45) is 2.92. The van der Waals surface area contributed by atoms with Crippen LogP contribution in [0.4, 0.5) is 0 Å². The third-order valence-electron chi connectivity index (χ3n) is 5.75. The van der Waals surface area contributed by atoms with Crippen LogP contribution >= 0.6 is 0 Å². The van der Waals surface area contributed by atoms with Crippen molar-refractivity contribution in [2.24, 2.45) is 0 Å². The standard InChI is InChI=1S/C29H30O5/c1-3-25-26(31-19-22-13-7-4-8-14-22)27(32-20-23-15-9-5-10-16-23)28(29(30-2)34-25)33-21-24-17-11-6-12-18-24/h1,4-18,25-29H,19-21H2,2H3/t25-,26-,27+,28-,29+/m1/s1. The molecule has 3 aromatic rings. The van der Waals surface area contributed by atoms with Crippen molar-refractivity contribution < 1.29 is 23.7 Å². The minimum absolute atomic E-state index is 0.376. The third kappa shape index (κ3) is 6.32. The molecule has 0 bridgehead atoms. The third-order valence-corrected chi connectivity index (χ3v) is 5.75. The molecule has 34 heavy (non-hydrogen) atoms. The minimum Gasteiger partial charge on any atom is -0.368 e. The van der Waals surface area contributed by atoms with Gasteiger partial charge in [-0.2, -0.15) is 0 Å². The molecule has 0 amide bonds. The zero-order valence-electron chi connectivity index (χ0n) is 19.3. The van der Waals surface area contributed by atoms with E-state index in [1.807, 2.05) is 91.0 Å². The lowest BCUT2D eigenvalue weighted by atomic mass is 9.98. The summed E-state index contributed by atoms with van der Waals surface area (Å²) in [5.41, 5.74) is 3.12. The van der Waals surface area contributed by atoms with Gasteiger partial charge in [-0.15, -0.1) is 6.42 Å². The van der Waals surface area contributed by atoms with Crippen LogP contribution in [0.2, 0.25) is 0 Å². The fourth-order valence-electron chi connectivity index (χ4n) is 3.98. The summed E-state index contributed by atoms with van der Waals surface area (Å²) in [4.78, 5) is 0. The van der Waals surface area contributed by atoms with Crippen molar-refractivity contribution >= 4 is 0 Å². The van der Waals surface area contributed by atoms with Gasteiger partial charge < -0.3 is 23.7 Å². The summed E-state index contributed by atoms with van der Waals surface area (Å²) >= 11 is 0. The van der Waals surface area contributed by atoms with E-state index in [2.05, 4.69) is 5.92 Å². The Morgan fingerprint density at radius 1 is 0.647 bits per heavy atom. The van der Waals surface area contributed by atoms with Crippen LogP contribution in [0, 0.1) is 12.3 Å². The zero-order valence-corrected chi connectivity index (χ0v) is 19.3. The van der Waals surface area contributed by atoms with Gasteiger partial charge >= 0.3 is 0 Å². The first-order valence-corrected chi connectivity index (χ1v) is 11.4. The molecule has 0 N–H and O–H groups in total. The predicted octanol–water partition coefficient (Wildman–Crippen LogP) is 4.75. The van der Waals surface area contributed by atoms with E-state index in [9.17, 15) is 0 Å². The van der Waals surface area contributed by atoms with Crippen molar-refractivity contribution in [1.29, 1.82) is 0 Å². The van der Waals surface area contributed by atoms with E-state index in [-0.39, 0.29) is 0 Å². The molecule has 0 radical (unpaired) electrons. The molecule has 3 aromatic carbocycles. The minimum atomic E-state index is -0.692. The molecule has 1 fully saturated rings. The van der Waals surface area contributed by atoms with Gasteiger partial charge in [-0.05, 0) is 16.7 Å². The molecule has 1 heterocycles. The summed E-state index contributed by atoms with van der Waals surface area (Å²) in [5.74, 6) is 2.71. The number of hydrogen-bond donors (Lipinski definition) is 0. The smallest absolute Gasteiger partial charge is 0.187 e.